The Bertz CT molecular complexity index is 427. The molecule has 2 N–H and O–H groups in total. The van der Waals surface area contributed by atoms with Gasteiger partial charge in [0.1, 0.15) is 0 Å². The molecule has 0 spiro atoms. The van der Waals surface area contributed by atoms with Gasteiger partial charge in [0.25, 0.3) is 10.2 Å². The first-order chi connectivity index (χ1) is 9.90. The van der Waals surface area contributed by atoms with Gasteiger partial charge in [-0.2, -0.15) is 17.4 Å². The van der Waals surface area contributed by atoms with E-state index in [9.17, 15) is 8.42 Å². The largest absolute Gasteiger partial charge is 0.314 e. The molecular formula is C14H30N4O2S. The van der Waals surface area contributed by atoms with E-state index in [-0.39, 0.29) is 6.04 Å². The number of nitrogens with one attached hydrogen (secondary N) is 2. The first-order valence-electron chi connectivity index (χ1n) is 8.11. The summed E-state index contributed by atoms with van der Waals surface area (Å²) in [6.07, 6.45) is 4.08. The predicted octanol–water partition coefficient (Wildman–Crippen LogP) is 0.377. The van der Waals surface area contributed by atoms with Crippen LogP contribution in [0.25, 0.3) is 0 Å². The fourth-order valence-electron chi connectivity index (χ4n) is 3.31. The van der Waals surface area contributed by atoms with Crippen LogP contribution in [0.1, 0.15) is 39.5 Å². The molecule has 2 fully saturated rings. The van der Waals surface area contributed by atoms with Crippen LogP contribution in [-0.2, 0) is 10.2 Å². The van der Waals surface area contributed by atoms with E-state index in [1.54, 1.807) is 7.05 Å². The number of nitrogens with zero attached hydrogens (tertiary/aromatic N) is 2. The smallest absolute Gasteiger partial charge is 0.279 e. The maximum Gasteiger partial charge on any atom is 0.279 e. The Morgan fingerprint density at radius 3 is 2.76 bits per heavy atom. The molecule has 0 radical (unpaired) electrons. The van der Waals surface area contributed by atoms with Crippen molar-refractivity contribution >= 4 is 10.2 Å². The van der Waals surface area contributed by atoms with Crippen LogP contribution in [0.2, 0.25) is 0 Å². The Labute approximate surface area is 129 Å². The summed E-state index contributed by atoms with van der Waals surface area (Å²) in [5.41, 5.74) is 0. The molecule has 2 aliphatic rings. The van der Waals surface area contributed by atoms with E-state index >= 15 is 0 Å². The van der Waals surface area contributed by atoms with Crippen LogP contribution < -0.4 is 10.0 Å². The number of hydrogen-bond acceptors (Lipinski definition) is 4. The highest BCUT2D eigenvalue weighted by atomic mass is 32.2. The van der Waals surface area contributed by atoms with Crippen LogP contribution in [0.3, 0.4) is 0 Å². The van der Waals surface area contributed by atoms with E-state index in [4.69, 9.17) is 0 Å². The van der Waals surface area contributed by atoms with Gasteiger partial charge in [0, 0.05) is 38.3 Å². The van der Waals surface area contributed by atoms with Crippen molar-refractivity contribution in [3.05, 3.63) is 0 Å². The summed E-state index contributed by atoms with van der Waals surface area (Å²) in [7, 11) is -1.69. The number of fused-ring (bicyclic) bond motifs is 1. The lowest BCUT2D eigenvalue weighted by atomic mass is 10.1. The zero-order valence-corrected chi connectivity index (χ0v) is 14.3. The molecule has 0 aromatic heterocycles. The van der Waals surface area contributed by atoms with E-state index in [1.165, 1.54) is 10.7 Å². The maximum atomic E-state index is 12.4. The summed E-state index contributed by atoms with van der Waals surface area (Å²) >= 11 is 0. The van der Waals surface area contributed by atoms with E-state index < -0.39 is 10.2 Å². The lowest BCUT2D eigenvalue weighted by Crippen LogP contribution is -2.48. The average molecular weight is 318 g/mol. The molecule has 0 bridgehead atoms. The third kappa shape index (κ3) is 4.63. The zero-order valence-electron chi connectivity index (χ0n) is 13.5. The Balaban J connectivity index is 1.78. The molecule has 0 amide bonds. The normalized spacial score (nSPS) is 26.9. The van der Waals surface area contributed by atoms with E-state index in [2.05, 4.69) is 28.8 Å². The highest BCUT2D eigenvalue weighted by Gasteiger charge is 2.39. The topological polar surface area (TPSA) is 64.7 Å². The first kappa shape index (κ1) is 17.1. The predicted molar refractivity (Wildman–Crippen MR) is 85.4 cm³/mol. The van der Waals surface area contributed by atoms with Crippen LogP contribution in [0.15, 0.2) is 0 Å². The highest BCUT2D eigenvalue weighted by Crippen LogP contribution is 2.28. The fraction of sp³-hybridized carbons (Fsp3) is 1.00. The Morgan fingerprint density at radius 2 is 2.05 bits per heavy atom. The molecule has 2 aliphatic heterocycles. The van der Waals surface area contributed by atoms with Crippen molar-refractivity contribution in [1.29, 1.82) is 0 Å². The van der Waals surface area contributed by atoms with Gasteiger partial charge in [0.2, 0.25) is 0 Å². The second-order valence-electron chi connectivity index (χ2n) is 6.55. The Hall–Kier alpha value is -0.210. The molecule has 0 aromatic rings. The van der Waals surface area contributed by atoms with E-state index in [0.29, 0.717) is 18.6 Å². The summed E-state index contributed by atoms with van der Waals surface area (Å²) in [4.78, 5) is 2.42. The summed E-state index contributed by atoms with van der Waals surface area (Å²) in [5, 5.41) is 3.31. The first-order valence-corrected chi connectivity index (χ1v) is 9.55. The van der Waals surface area contributed by atoms with Gasteiger partial charge >= 0.3 is 0 Å². The molecule has 0 saturated carbocycles. The Kier molecular flexibility index (Phi) is 6.02. The molecule has 0 aromatic carbocycles. The molecule has 21 heavy (non-hydrogen) atoms. The van der Waals surface area contributed by atoms with Crippen LogP contribution >= 0.6 is 0 Å². The zero-order chi connectivity index (χ0) is 15.5. The van der Waals surface area contributed by atoms with Gasteiger partial charge in [0.05, 0.1) is 0 Å². The molecule has 2 atom stereocenters. The molecule has 2 saturated heterocycles. The van der Waals surface area contributed by atoms with Crippen molar-refractivity contribution in [1.82, 2.24) is 19.2 Å². The van der Waals surface area contributed by atoms with Gasteiger partial charge in [-0.1, -0.05) is 13.8 Å². The minimum atomic E-state index is -3.35. The van der Waals surface area contributed by atoms with Crippen LogP contribution in [0, 0.1) is 0 Å². The van der Waals surface area contributed by atoms with Crippen LogP contribution in [0.5, 0.6) is 0 Å². The van der Waals surface area contributed by atoms with Gasteiger partial charge in [0.15, 0.2) is 0 Å². The number of rotatable bonds is 8. The van der Waals surface area contributed by atoms with Gasteiger partial charge in [-0.25, -0.2) is 0 Å². The van der Waals surface area contributed by atoms with Crippen molar-refractivity contribution in [2.45, 2.75) is 57.7 Å². The monoisotopic (exact) mass is 318 g/mol. The molecule has 2 heterocycles. The van der Waals surface area contributed by atoms with Gasteiger partial charge < -0.3 is 5.32 Å². The lowest BCUT2D eigenvalue weighted by molar-refractivity contribution is 0.307. The summed E-state index contributed by atoms with van der Waals surface area (Å²) in [6, 6.07) is 0.946. The fourth-order valence-corrected chi connectivity index (χ4v) is 4.52. The summed E-state index contributed by atoms with van der Waals surface area (Å²) in [5.74, 6) is 0. The van der Waals surface area contributed by atoms with Gasteiger partial charge in [-0.05, 0) is 38.8 Å². The second kappa shape index (κ2) is 7.37. The molecule has 2 rings (SSSR count). The standard InChI is InChI=1S/C14H30N4O2S/c1-12(2)15-8-5-9-17(3)21(19,20)16-13-7-11-18-10-4-6-14(13)18/h12-16H,4-11H2,1-3H3. The maximum absolute atomic E-state index is 12.4. The van der Waals surface area contributed by atoms with Gasteiger partial charge in [-0.15, -0.1) is 0 Å². The third-order valence-corrected chi connectivity index (χ3v) is 6.12. The van der Waals surface area contributed by atoms with Crippen molar-refractivity contribution in [3.63, 3.8) is 0 Å². The minimum Gasteiger partial charge on any atom is -0.314 e. The van der Waals surface area contributed by atoms with Gasteiger partial charge in [-0.3, -0.25) is 4.90 Å². The van der Waals surface area contributed by atoms with Crippen molar-refractivity contribution in [2.24, 2.45) is 0 Å². The molecule has 6 nitrogen and oxygen atoms in total. The van der Waals surface area contributed by atoms with Crippen molar-refractivity contribution in [3.8, 4) is 0 Å². The Morgan fingerprint density at radius 1 is 1.29 bits per heavy atom. The van der Waals surface area contributed by atoms with Crippen LogP contribution in [-0.4, -0.2) is 69.0 Å². The van der Waals surface area contributed by atoms with Crippen molar-refractivity contribution < 1.29 is 8.42 Å². The molecule has 0 aliphatic carbocycles. The summed E-state index contributed by atoms with van der Waals surface area (Å²) < 4.78 is 29.1. The molecule has 124 valence electrons. The quantitative estimate of drug-likeness (QED) is 0.635. The van der Waals surface area contributed by atoms with Crippen molar-refractivity contribution in [2.75, 3.05) is 33.2 Å². The van der Waals surface area contributed by atoms with E-state index in [1.807, 2.05) is 0 Å². The SMILES string of the molecule is CC(C)NCCCN(C)S(=O)(=O)NC1CCN2CCCC12. The second-order valence-corrected chi connectivity index (χ2v) is 8.36. The minimum absolute atomic E-state index is 0.0914. The third-order valence-electron chi connectivity index (χ3n) is 4.52. The lowest BCUT2D eigenvalue weighted by Gasteiger charge is -2.24. The number of hydrogen-bond donors (Lipinski definition) is 2. The molecule has 2 unspecified atom stereocenters. The average Bonchev–Trinajstić information content (AvgIpc) is 2.99. The molecular weight excluding hydrogens is 288 g/mol. The van der Waals surface area contributed by atoms with E-state index in [0.717, 1.165) is 38.9 Å². The summed E-state index contributed by atoms with van der Waals surface area (Å²) in [6.45, 7) is 7.73. The molecule has 7 heteroatoms. The van der Waals surface area contributed by atoms with Crippen LogP contribution in [0.4, 0.5) is 0 Å². The highest BCUT2D eigenvalue weighted by molar-refractivity contribution is 7.87.